The van der Waals surface area contributed by atoms with Gasteiger partial charge in [-0.3, -0.25) is 0 Å². The van der Waals surface area contributed by atoms with Gasteiger partial charge in [0.2, 0.25) is 0 Å². The van der Waals surface area contributed by atoms with Gasteiger partial charge in [-0.25, -0.2) is 0 Å². The topological polar surface area (TPSA) is 0 Å². The summed E-state index contributed by atoms with van der Waals surface area (Å²) in [4.78, 5) is 0. The standard InChI is InChI=1S/C16H40Si4.Sb/c1-17(2,3)15(18(4,5)6)13-14-16(19(7,8)9)20(10,11)12;/h13-14H2,1-12H3;. The fourth-order valence-corrected chi connectivity index (χ4v) is 50.8. The summed E-state index contributed by atoms with van der Waals surface area (Å²) in [5, 5.41) is 0. The average Bonchev–Trinajstić information content (AvgIpc) is 2.54. The minimum absolute atomic E-state index is 0.142. The third kappa shape index (κ3) is 3.27. The van der Waals surface area contributed by atoms with E-state index in [2.05, 4.69) is 78.6 Å². The summed E-state index contributed by atoms with van der Waals surface area (Å²) >= 11 is -0.142. The molecule has 0 amide bonds. The zero-order valence-corrected chi connectivity index (χ0v) is 23.4. The van der Waals surface area contributed by atoms with Gasteiger partial charge < -0.3 is 0 Å². The van der Waals surface area contributed by atoms with E-state index < -0.39 is 32.3 Å². The molecule has 0 aromatic rings. The van der Waals surface area contributed by atoms with E-state index in [1.165, 1.54) is 0 Å². The van der Waals surface area contributed by atoms with Crippen LogP contribution in [0.1, 0.15) is 12.8 Å². The molecule has 0 spiro atoms. The Morgan fingerprint density at radius 1 is 0.476 bits per heavy atom. The quantitative estimate of drug-likeness (QED) is 0.426. The molecule has 1 aliphatic heterocycles. The molecule has 0 unspecified atom stereocenters. The van der Waals surface area contributed by atoms with Crippen LogP contribution in [-0.2, 0) is 0 Å². The van der Waals surface area contributed by atoms with Crippen LogP contribution in [0.5, 0.6) is 0 Å². The summed E-state index contributed by atoms with van der Waals surface area (Å²) in [6.07, 6.45) is 3.26. The van der Waals surface area contributed by atoms with Crippen LogP contribution in [-0.4, -0.2) is 53.9 Å². The van der Waals surface area contributed by atoms with E-state index in [0.29, 0.717) is 0 Å². The Hall–Kier alpha value is 1.69. The van der Waals surface area contributed by atoms with Gasteiger partial charge in [0, 0.05) is 0 Å². The van der Waals surface area contributed by atoms with Crippen LogP contribution in [0.4, 0.5) is 0 Å². The van der Waals surface area contributed by atoms with E-state index in [4.69, 9.17) is 0 Å². The Bertz CT molecular complexity index is 324. The van der Waals surface area contributed by atoms with Crippen LogP contribution in [0.15, 0.2) is 0 Å². The zero-order valence-electron chi connectivity index (χ0n) is 16.9. The third-order valence-corrected chi connectivity index (χ3v) is 55.5. The summed E-state index contributed by atoms with van der Waals surface area (Å²) in [5.74, 6) is 0. The van der Waals surface area contributed by atoms with Gasteiger partial charge in [-0.15, -0.1) is 0 Å². The summed E-state index contributed by atoms with van der Waals surface area (Å²) < 4.78 is 1.83. The van der Waals surface area contributed by atoms with Crippen LogP contribution in [0, 0.1) is 0 Å². The Morgan fingerprint density at radius 3 is 0.762 bits per heavy atom. The van der Waals surface area contributed by atoms with Gasteiger partial charge in [0.05, 0.1) is 0 Å². The van der Waals surface area contributed by atoms with Crippen molar-refractivity contribution < 1.29 is 0 Å². The van der Waals surface area contributed by atoms with Crippen molar-refractivity contribution in [2.75, 3.05) is 0 Å². The van der Waals surface area contributed by atoms with Crippen LogP contribution in [0.2, 0.25) is 83.8 Å². The van der Waals surface area contributed by atoms with Gasteiger partial charge in [-0.1, -0.05) is 0 Å². The molecule has 0 saturated carbocycles. The van der Waals surface area contributed by atoms with Gasteiger partial charge in [0.15, 0.2) is 0 Å². The normalized spacial score (nSPS) is 23.4. The number of rotatable bonds is 4. The monoisotopic (exact) mass is 465 g/mol. The molecule has 1 rings (SSSR count). The molecule has 0 nitrogen and oxygen atoms in total. The first-order valence-corrected chi connectivity index (χ1v) is 25.2. The molecular weight excluding hydrogens is 426 g/mol. The van der Waals surface area contributed by atoms with E-state index in [9.17, 15) is 0 Å². The molecule has 1 radical (unpaired) electrons. The van der Waals surface area contributed by atoms with Gasteiger partial charge in [0.1, 0.15) is 0 Å². The predicted molar refractivity (Wildman–Crippen MR) is 114 cm³/mol. The molecule has 1 aliphatic rings. The van der Waals surface area contributed by atoms with E-state index >= 15 is 0 Å². The summed E-state index contributed by atoms with van der Waals surface area (Å²) in [7, 11) is -4.33. The molecular formula is C16H40SbSi4. The maximum atomic E-state index is 2.71. The third-order valence-electron chi connectivity index (χ3n) is 6.19. The molecule has 0 N–H and O–H groups in total. The van der Waals surface area contributed by atoms with Crippen LogP contribution in [0.25, 0.3) is 0 Å². The molecule has 1 heterocycles. The molecule has 0 aliphatic carbocycles. The summed E-state index contributed by atoms with van der Waals surface area (Å²) in [5.41, 5.74) is 0. The van der Waals surface area contributed by atoms with Crippen molar-refractivity contribution in [3.8, 4) is 0 Å². The van der Waals surface area contributed by atoms with Crippen molar-refractivity contribution in [1.29, 1.82) is 0 Å². The molecule has 1 fully saturated rings. The molecule has 0 aromatic carbocycles. The summed E-state index contributed by atoms with van der Waals surface area (Å²) in [6.45, 7) is 32.6. The fraction of sp³-hybridized carbons (Fsp3) is 1.00. The Kier molecular flexibility index (Phi) is 5.53. The van der Waals surface area contributed by atoms with Crippen molar-refractivity contribution in [2.45, 2.75) is 96.6 Å². The first-order valence-electron chi connectivity index (χ1n) is 8.65. The Labute approximate surface area is 149 Å². The maximum absolute atomic E-state index is 2.71. The van der Waals surface area contributed by atoms with Gasteiger partial charge in [0.25, 0.3) is 0 Å². The van der Waals surface area contributed by atoms with Gasteiger partial charge in [-0.2, -0.15) is 0 Å². The first-order chi connectivity index (χ1) is 8.91. The molecule has 0 bridgehead atoms. The van der Waals surface area contributed by atoms with Crippen molar-refractivity contribution in [2.24, 2.45) is 0 Å². The fourth-order valence-electron chi connectivity index (χ4n) is 5.22. The molecule has 0 atom stereocenters. The second-order valence-electron chi connectivity index (χ2n) is 11.3. The number of hydrogen-bond acceptors (Lipinski definition) is 0. The first kappa shape index (κ1) is 20.7. The van der Waals surface area contributed by atoms with E-state index in [0.717, 1.165) is 5.22 Å². The van der Waals surface area contributed by atoms with E-state index in [1.807, 2.05) is 0 Å². The van der Waals surface area contributed by atoms with Crippen molar-refractivity contribution in [3.05, 3.63) is 0 Å². The second-order valence-corrected chi connectivity index (χ2v) is 43.7. The van der Waals surface area contributed by atoms with Crippen molar-refractivity contribution >= 4 is 53.9 Å². The SMILES string of the molecule is C[Si](C)(C)[C]1([Si](C)(C)C)CC[C]([Si](C)(C)C)([Si](C)(C)C)[Sb]1. The van der Waals surface area contributed by atoms with Crippen molar-refractivity contribution in [1.82, 2.24) is 0 Å². The molecule has 5 heteroatoms. The minimum atomic E-state index is -1.08. The van der Waals surface area contributed by atoms with Crippen LogP contribution < -0.4 is 0 Å². The second kappa shape index (κ2) is 5.61. The Morgan fingerprint density at radius 2 is 0.667 bits per heavy atom. The molecule has 1 saturated heterocycles. The van der Waals surface area contributed by atoms with Crippen LogP contribution in [0.3, 0.4) is 0 Å². The Balaban J connectivity index is 3.49. The number of hydrogen-bond donors (Lipinski definition) is 0. The van der Waals surface area contributed by atoms with Crippen molar-refractivity contribution in [3.63, 3.8) is 0 Å². The molecule has 125 valence electrons. The molecule has 0 aromatic heterocycles. The average molecular weight is 467 g/mol. The zero-order chi connectivity index (χ0) is 17.1. The predicted octanol–water partition coefficient (Wildman–Crippen LogP) is 6.31. The summed E-state index contributed by atoms with van der Waals surface area (Å²) in [6, 6.07) is 0. The van der Waals surface area contributed by atoms with E-state index in [-0.39, 0.29) is 21.6 Å². The molecule has 21 heavy (non-hydrogen) atoms. The van der Waals surface area contributed by atoms with E-state index in [1.54, 1.807) is 12.8 Å². The van der Waals surface area contributed by atoms with Gasteiger partial charge in [-0.05, 0) is 0 Å². The van der Waals surface area contributed by atoms with Gasteiger partial charge >= 0.3 is 151 Å². The van der Waals surface area contributed by atoms with Crippen LogP contribution >= 0.6 is 0 Å².